The van der Waals surface area contributed by atoms with E-state index in [1.807, 2.05) is 6.92 Å². The number of nitrogens with zero attached hydrogens (tertiary/aromatic N) is 2. The average molecular weight is 507 g/mol. The molecule has 0 radical (unpaired) electrons. The number of benzene rings is 1. The van der Waals surface area contributed by atoms with Crippen LogP contribution in [-0.2, 0) is 23.0 Å². The van der Waals surface area contributed by atoms with Gasteiger partial charge in [-0.3, -0.25) is 14.5 Å². The van der Waals surface area contributed by atoms with E-state index in [0.29, 0.717) is 22.7 Å². The van der Waals surface area contributed by atoms with Crippen molar-refractivity contribution in [2.45, 2.75) is 51.0 Å². The molecule has 0 fully saturated rings. The topological polar surface area (TPSA) is 98.8 Å². The fourth-order valence-corrected chi connectivity index (χ4v) is 6.54. The summed E-state index contributed by atoms with van der Waals surface area (Å²) in [6.45, 7) is 7.25. The number of carbonyl (C=O) groups excluding carboxylic acids is 2. The first-order valence-electron chi connectivity index (χ1n) is 11.7. The van der Waals surface area contributed by atoms with Crippen LogP contribution in [0, 0.1) is 0 Å². The number of carbonyl (C=O) groups is 2. The van der Waals surface area contributed by atoms with Crippen LogP contribution in [0.1, 0.15) is 64.3 Å². The van der Waals surface area contributed by atoms with Gasteiger partial charge in [0.25, 0.3) is 11.8 Å². The third kappa shape index (κ3) is 5.68. The predicted octanol–water partition coefficient (Wildman–Crippen LogP) is 3.55. The van der Waals surface area contributed by atoms with Crippen molar-refractivity contribution in [1.29, 1.82) is 0 Å². The first-order valence-corrected chi connectivity index (χ1v) is 13.9. The summed E-state index contributed by atoms with van der Waals surface area (Å²) in [7, 11) is -0.454. The Hall–Kier alpha value is -2.27. The van der Waals surface area contributed by atoms with Crippen LogP contribution < -0.4 is 10.6 Å². The van der Waals surface area contributed by atoms with Crippen molar-refractivity contribution in [3.63, 3.8) is 0 Å². The quantitative estimate of drug-likeness (QED) is 0.514. The normalized spacial score (nSPS) is 14.1. The number of hydrogen-bond donors (Lipinski definition) is 2. The molecule has 0 unspecified atom stereocenters. The van der Waals surface area contributed by atoms with Crippen molar-refractivity contribution in [3.05, 3.63) is 45.8 Å². The van der Waals surface area contributed by atoms with Crippen LogP contribution >= 0.6 is 11.3 Å². The molecule has 34 heavy (non-hydrogen) atoms. The van der Waals surface area contributed by atoms with E-state index >= 15 is 0 Å². The van der Waals surface area contributed by atoms with Gasteiger partial charge in [0.15, 0.2) is 0 Å². The molecule has 186 valence electrons. The first-order chi connectivity index (χ1) is 16.2. The Morgan fingerprint density at radius 1 is 1.12 bits per heavy atom. The van der Waals surface area contributed by atoms with E-state index in [2.05, 4.69) is 22.5 Å². The van der Waals surface area contributed by atoms with E-state index in [4.69, 9.17) is 0 Å². The molecule has 1 aliphatic heterocycles. The lowest BCUT2D eigenvalue weighted by Crippen LogP contribution is -2.31. The highest BCUT2D eigenvalue weighted by atomic mass is 32.2. The lowest BCUT2D eigenvalue weighted by molar-refractivity contribution is 0.0962. The molecule has 2 N–H and O–H groups in total. The summed E-state index contributed by atoms with van der Waals surface area (Å²) in [6.07, 6.45) is 3.51. The number of fused-ring (bicyclic) bond motifs is 1. The molecule has 3 rings (SSSR count). The monoisotopic (exact) mass is 506 g/mol. The molecule has 0 bridgehead atoms. The predicted molar refractivity (Wildman–Crippen MR) is 136 cm³/mol. The fourth-order valence-electron chi connectivity index (χ4n) is 4.05. The molecule has 1 aromatic heterocycles. The summed E-state index contributed by atoms with van der Waals surface area (Å²) in [4.78, 5) is 29.2. The van der Waals surface area contributed by atoms with Gasteiger partial charge in [-0.1, -0.05) is 20.3 Å². The molecule has 1 aromatic carbocycles. The fraction of sp³-hybridized carbons (Fsp3) is 0.500. The average Bonchev–Trinajstić information content (AvgIpc) is 3.19. The maximum atomic E-state index is 13.0. The summed E-state index contributed by atoms with van der Waals surface area (Å²) in [5.41, 5.74) is 1.87. The largest absolute Gasteiger partial charge is 0.355 e. The Morgan fingerprint density at radius 3 is 2.44 bits per heavy atom. The third-order valence-electron chi connectivity index (χ3n) is 6.01. The van der Waals surface area contributed by atoms with E-state index in [0.717, 1.165) is 55.8 Å². The molecule has 0 spiro atoms. The second-order valence-electron chi connectivity index (χ2n) is 8.47. The Balaban J connectivity index is 1.81. The van der Waals surface area contributed by atoms with Crippen LogP contribution in [-0.4, -0.2) is 63.2 Å². The van der Waals surface area contributed by atoms with Crippen molar-refractivity contribution in [2.75, 3.05) is 39.0 Å². The standard InChI is InChI=1S/C24H34N4O4S2/c1-5-7-14-27(4)34(31,32)18-10-8-17(9-11-18)22(29)26-24-21(23(30)25-3)19-12-15-28(13-6-2)16-20(19)33-24/h8-11H,5-7,12-16H2,1-4H3,(H,25,30)(H,26,29). The number of thiophene rings is 1. The minimum Gasteiger partial charge on any atom is -0.355 e. The van der Waals surface area contributed by atoms with Gasteiger partial charge in [-0.15, -0.1) is 11.3 Å². The summed E-state index contributed by atoms with van der Waals surface area (Å²) in [5, 5.41) is 6.11. The summed E-state index contributed by atoms with van der Waals surface area (Å²) < 4.78 is 26.8. The minimum atomic E-state index is -3.60. The summed E-state index contributed by atoms with van der Waals surface area (Å²) in [6, 6.07) is 5.92. The second kappa shape index (κ2) is 11.4. The summed E-state index contributed by atoms with van der Waals surface area (Å²) in [5.74, 6) is -0.592. The molecular weight excluding hydrogens is 472 g/mol. The first kappa shape index (κ1) is 26.3. The zero-order valence-corrected chi connectivity index (χ0v) is 21.9. The maximum absolute atomic E-state index is 13.0. The zero-order chi connectivity index (χ0) is 24.9. The van der Waals surface area contributed by atoms with Crippen molar-refractivity contribution in [2.24, 2.45) is 0 Å². The van der Waals surface area contributed by atoms with Gasteiger partial charge < -0.3 is 10.6 Å². The Morgan fingerprint density at radius 2 is 1.82 bits per heavy atom. The molecule has 1 aliphatic rings. The molecule has 0 saturated carbocycles. The SMILES string of the molecule is CCCCN(C)S(=O)(=O)c1ccc(C(=O)Nc2sc3c(c2C(=O)NC)CCN(CCC)C3)cc1. The number of rotatable bonds is 10. The minimum absolute atomic E-state index is 0.149. The lowest BCUT2D eigenvalue weighted by Gasteiger charge is -2.26. The van der Waals surface area contributed by atoms with Crippen LogP contribution in [0.25, 0.3) is 0 Å². The lowest BCUT2D eigenvalue weighted by atomic mass is 10.0. The Kier molecular flexibility index (Phi) is 8.86. The van der Waals surface area contributed by atoms with Gasteiger partial charge in [0.05, 0.1) is 10.5 Å². The number of hydrogen-bond acceptors (Lipinski definition) is 6. The van der Waals surface area contributed by atoms with Gasteiger partial charge in [-0.25, -0.2) is 12.7 Å². The van der Waals surface area contributed by atoms with Crippen LogP contribution in [0.5, 0.6) is 0 Å². The summed E-state index contributed by atoms with van der Waals surface area (Å²) >= 11 is 1.44. The number of unbranched alkanes of at least 4 members (excludes halogenated alkanes) is 1. The van der Waals surface area contributed by atoms with Gasteiger partial charge in [-0.2, -0.15) is 0 Å². The number of nitrogens with one attached hydrogen (secondary N) is 2. The van der Waals surface area contributed by atoms with Crippen LogP contribution in [0.15, 0.2) is 29.2 Å². The maximum Gasteiger partial charge on any atom is 0.256 e. The van der Waals surface area contributed by atoms with E-state index in [-0.39, 0.29) is 16.7 Å². The van der Waals surface area contributed by atoms with Crippen molar-refractivity contribution in [1.82, 2.24) is 14.5 Å². The van der Waals surface area contributed by atoms with Gasteiger partial charge >= 0.3 is 0 Å². The highest BCUT2D eigenvalue weighted by molar-refractivity contribution is 7.89. The molecule has 0 saturated heterocycles. The molecular formula is C24H34N4O4S2. The van der Waals surface area contributed by atoms with Gasteiger partial charge in [0, 0.05) is 44.2 Å². The molecule has 10 heteroatoms. The van der Waals surface area contributed by atoms with Crippen LogP contribution in [0.3, 0.4) is 0 Å². The van der Waals surface area contributed by atoms with Crippen molar-refractivity contribution in [3.8, 4) is 0 Å². The molecule has 0 aliphatic carbocycles. The molecule has 2 aromatic rings. The van der Waals surface area contributed by atoms with E-state index in [1.54, 1.807) is 14.1 Å². The van der Waals surface area contributed by atoms with Crippen molar-refractivity contribution < 1.29 is 18.0 Å². The number of amides is 2. The smallest absolute Gasteiger partial charge is 0.256 e. The van der Waals surface area contributed by atoms with Gasteiger partial charge in [-0.05, 0) is 55.6 Å². The molecule has 0 atom stereocenters. The number of anilines is 1. The molecule has 8 nitrogen and oxygen atoms in total. The molecule has 2 amide bonds. The van der Waals surface area contributed by atoms with E-state index in [1.165, 1.54) is 39.9 Å². The number of sulfonamides is 1. The van der Waals surface area contributed by atoms with Crippen LogP contribution in [0.2, 0.25) is 0 Å². The Bertz CT molecular complexity index is 1130. The van der Waals surface area contributed by atoms with Crippen molar-refractivity contribution >= 4 is 38.2 Å². The Labute approximate surface area is 206 Å². The second-order valence-corrected chi connectivity index (χ2v) is 11.6. The van der Waals surface area contributed by atoms with Crippen LogP contribution in [0.4, 0.5) is 5.00 Å². The third-order valence-corrected chi connectivity index (χ3v) is 9.01. The highest BCUT2D eigenvalue weighted by Gasteiger charge is 2.28. The highest BCUT2D eigenvalue weighted by Crippen LogP contribution is 2.37. The van der Waals surface area contributed by atoms with Gasteiger partial charge in [0.1, 0.15) is 5.00 Å². The van der Waals surface area contributed by atoms with Gasteiger partial charge in [0.2, 0.25) is 10.0 Å². The zero-order valence-electron chi connectivity index (χ0n) is 20.3. The van der Waals surface area contributed by atoms with E-state index in [9.17, 15) is 18.0 Å². The molecule has 2 heterocycles. The van der Waals surface area contributed by atoms with E-state index < -0.39 is 10.0 Å².